The number of hydrogen-bond donors (Lipinski definition) is 1. The molecule has 0 fully saturated rings. The fourth-order valence-electron chi connectivity index (χ4n) is 3.98. The smallest absolute Gasteiger partial charge is 0.278 e. The second-order valence-corrected chi connectivity index (χ2v) is 7.75. The number of fused-ring (bicyclic) bond motifs is 5. The van der Waals surface area contributed by atoms with Gasteiger partial charge < -0.3 is 14.7 Å². The molecule has 2 bridgehead atoms. The van der Waals surface area contributed by atoms with Crippen molar-refractivity contribution in [2.75, 3.05) is 24.8 Å². The first-order valence-corrected chi connectivity index (χ1v) is 10.6. The minimum atomic E-state index is -1.15. The lowest BCUT2D eigenvalue weighted by Gasteiger charge is -2.44. The van der Waals surface area contributed by atoms with Gasteiger partial charge >= 0.3 is 0 Å². The SMILES string of the molecule is C=C(/C=C\C=C/C)[C@@H]1c2ccc(F)c(F)c2OC/C=C\CN2CN1n1ccc(=O)c(O)c1C2=O. The zero-order valence-electron chi connectivity index (χ0n) is 18.4. The molecule has 176 valence electrons. The Bertz CT molecular complexity index is 1300. The van der Waals surface area contributed by atoms with Crippen molar-refractivity contribution in [2.24, 2.45) is 0 Å². The van der Waals surface area contributed by atoms with Crippen LogP contribution in [0.2, 0.25) is 0 Å². The zero-order chi connectivity index (χ0) is 24.4. The highest BCUT2D eigenvalue weighted by molar-refractivity contribution is 5.96. The molecule has 2 aliphatic heterocycles. The van der Waals surface area contributed by atoms with Gasteiger partial charge in [-0.1, -0.05) is 37.0 Å². The van der Waals surface area contributed by atoms with Gasteiger partial charge in [0.1, 0.15) is 19.3 Å². The maximum absolute atomic E-state index is 14.9. The Morgan fingerprint density at radius 3 is 2.76 bits per heavy atom. The number of pyridine rings is 1. The Hall–Kier alpha value is -4.14. The number of halogens is 2. The molecule has 0 aliphatic carbocycles. The minimum absolute atomic E-state index is 0.0120. The summed E-state index contributed by atoms with van der Waals surface area (Å²) in [4.78, 5) is 26.7. The summed E-state index contributed by atoms with van der Waals surface area (Å²) in [5.41, 5.74) is -0.199. The molecule has 0 saturated heterocycles. The predicted octanol–water partition coefficient (Wildman–Crippen LogP) is 3.56. The van der Waals surface area contributed by atoms with Crippen LogP contribution in [-0.2, 0) is 0 Å². The van der Waals surface area contributed by atoms with Crippen molar-refractivity contribution in [1.82, 2.24) is 9.58 Å². The van der Waals surface area contributed by atoms with Crippen LogP contribution in [0.3, 0.4) is 0 Å². The zero-order valence-corrected chi connectivity index (χ0v) is 18.4. The van der Waals surface area contributed by atoms with E-state index >= 15 is 0 Å². The predicted molar refractivity (Wildman–Crippen MR) is 123 cm³/mol. The minimum Gasteiger partial charge on any atom is -0.502 e. The average molecular weight is 467 g/mol. The second-order valence-electron chi connectivity index (χ2n) is 7.75. The van der Waals surface area contributed by atoms with E-state index < -0.39 is 34.8 Å². The molecule has 2 aliphatic rings. The number of aromatic hydroxyl groups is 1. The summed E-state index contributed by atoms with van der Waals surface area (Å²) in [6.07, 6.45) is 11.6. The standard InChI is InChI=1S/C25H23F2N3O4/c1-3-4-5-8-16(2)21-17-9-10-18(26)20(27)24(17)34-14-7-6-12-28-15-30(21)29-13-11-19(31)23(32)22(29)25(28)33/h3-11,13,21,32H,2,12,14-15H2,1H3/b4-3-,7-6-,8-5-/t21-/m1/s1. The summed E-state index contributed by atoms with van der Waals surface area (Å²) >= 11 is 0. The van der Waals surface area contributed by atoms with Crippen LogP contribution in [0.1, 0.15) is 29.0 Å². The highest BCUT2D eigenvalue weighted by Gasteiger charge is 2.38. The number of amides is 1. The van der Waals surface area contributed by atoms with Gasteiger partial charge in [-0.05, 0) is 30.7 Å². The molecule has 9 heteroatoms. The Morgan fingerprint density at radius 2 is 2.00 bits per heavy atom. The van der Waals surface area contributed by atoms with Gasteiger partial charge in [0.2, 0.25) is 11.2 Å². The largest absolute Gasteiger partial charge is 0.502 e. The van der Waals surface area contributed by atoms with Gasteiger partial charge in [0.25, 0.3) is 5.91 Å². The lowest BCUT2D eigenvalue weighted by Crippen LogP contribution is -2.55. The summed E-state index contributed by atoms with van der Waals surface area (Å²) in [6, 6.07) is 2.68. The van der Waals surface area contributed by atoms with Crippen molar-refractivity contribution < 1.29 is 23.4 Å². The van der Waals surface area contributed by atoms with E-state index in [1.807, 2.05) is 13.0 Å². The first-order chi connectivity index (χ1) is 16.3. The highest BCUT2D eigenvalue weighted by Crippen LogP contribution is 2.39. The number of rotatable bonds is 3. The van der Waals surface area contributed by atoms with E-state index in [4.69, 9.17) is 4.74 Å². The quantitative estimate of drug-likeness (QED) is 0.552. The van der Waals surface area contributed by atoms with Gasteiger partial charge in [-0.15, -0.1) is 0 Å². The van der Waals surface area contributed by atoms with Crippen LogP contribution in [0.4, 0.5) is 8.78 Å². The van der Waals surface area contributed by atoms with Crippen LogP contribution >= 0.6 is 0 Å². The number of nitrogens with zero attached hydrogens (tertiary/aromatic N) is 3. The van der Waals surface area contributed by atoms with Gasteiger partial charge in [0.05, 0.1) is 0 Å². The number of allylic oxidation sites excluding steroid dienone is 3. The number of ether oxygens (including phenoxy) is 1. The summed E-state index contributed by atoms with van der Waals surface area (Å²) < 4.78 is 36.1. The van der Waals surface area contributed by atoms with E-state index in [1.54, 1.807) is 35.4 Å². The molecule has 4 rings (SSSR count). The molecule has 2 aromatic rings. The van der Waals surface area contributed by atoms with Crippen molar-refractivity contribution in [1.29, 1.82) is 0 Å². The van der Waals surface area contributed by atoms with Crippen molar-refractivity contribution in [3.05, 3.63) is 106 Å². The van der Waals surface area contributed by atoms with Crippen molar-refractivity contribution in [3.63, 3.8) is 0 Å². The summed E-state index contributed by atoms with van der Waals surface area (Å²) in [6.45, 7) is 6.08. The Morgan fingerprint density at radius 1 is 1.21 bits per heavy atom. The molecule has 7 nitrogen and oxygen atoms in total. The Balaban J connectivity index is 2.01. The Kier molecular flexibility index (Phi) is 6.36. The van der Waals surface area contributed by atoms with Crippen LogP contribution < -0.4 is 15.2 Å². The third-order valence-corrected chi connectivity index (χ3v) is 5.59. The van der Waals surface area contributed by atoms with Gasteiger partial charge in [0, 0.05) is 24.4 Å². The van der Waals surface area contributed by atoms with Crippen LogP contribution in [0.25, 0.3) is 0 Å². The number of carbonyl (C=O) groups excluding carboxylic acids is 1. The molecule has 1 atom stereocenters. The van der Waals surface area contributed by atoms with E-state index in [9.17, 15) is 23.5 Å². The molecule has 1 N–H and O–H groups in total. The lowest BCUT2D eigenvalue weighted by atomic mass is 9.97. The number of benzene rings is 1. The monoisotopic (exact) mass is 467 g/mol. The maximum atomic E-state index is 14.9. The molecular weight excluding hydrogens is 444 g/mol. The molecule has 1 aromatic carbocycles. The highest BCUT2D eigenvalue weighted by atomic mass is 19.2. The average Bonchev–Trinajstić information content (AvgIpc) is 2.84. The fourth-order valence-corrected chi connectivity index (χ4v) is 3.98. The van der Waals surface area contributed by atoms with E-state index in [-0.39, 0.29) is 36.8 Å². The van der Waals surface area contributed by atoms with E-state index in [1.165, 1.54) is 21.8 Å². The Labute approximate surface area is 194 Å². The molecule has 0 unspecified atom stereocenters. The molecule has 3 heterocycles. The third kappa shape index (κ3) is 4.00. The second kappa shape index (κ2) is 9.38. The van der Waals surface area contributed by atoms with Crippen LogP contribution in [-0.4, -0.2) is 40.4 Å². The third-order valence-electron chi connectivity index (χ3n) is 5.59. The topological polar surface area (TPSA) is 75.0 Å². The van der Waals surface area contributed by atoms with E-state index in [0.29, 0.717) is 5.57 Å². The first-order valence-electron chi connectivity index (χ1n) is 10.6. The molecule has 1 aromatic heterocycles. The fraction of sp³-hybridized carbons (Fsp3) is 0.200. The molecule has 34 heavy (non-hydrogen) atoms. The maximum Gasteiger partial charge on any atom is 0.278 e. The van der Waals surface area contributed by atoms with E-state index in [0.717, 1.165) is 12.1 Å². The molecule has 0 radical (unpaired) electrons. The van der Waals surface area contributed by atoms with Gasteiger partial charge in [-0.2, -0.15) is 4.39 Å². The molecular formula is C25H23F2N3O4. The number of carbonyl (C=O) groups is 1. The number of hydrogen-bond acceptors (Lipinski definition) is 5. The van der Waals surface area contributed by atoms with Gasteiger partial charge in [-0.25, -0.2) is 4.39 Å². The van der Waals surface area contributed by atoms with Crippen molar-refractivity contribution >= 4 is 5.91 Å². The van der Waals surface area contributed by atoms with Crippen molar-refractivity contribution in [3.8, 4) is 11.5 Å². The van der Waals surface area contributed by atoms with E-state index in [2.05, 4.69) is 6.58 Å². The summed E-state index contributed by atoms with van der Waals surface area (Å²) in [7, 11) is 0. The normalized spacial score (nSPS) is 18.9. The van der Waals surface area contributed by atoms with Crippen LogP contribution in [0.5, 0.6) is 11.5 Å². The van der Waals surface area contributed by atoms with Gasteiger partial charge in [0.15, 0.2) is 23.0 Å². The van der Waals surface area contributed by atoms with Gasteiger partial charge in [-0.3, -0.25) is 19.3 Å². The number of aromatic nitrogens is 1. The lowest BCUT2D eigenvalue weighted by molar-refractivity contribution is 0.0701. The van der Waals surface area contributed by atoms with Crippen molar-refractivity contribution in [2.45, 2.75) is 13.0 Å². The summed E-state index contributed by atoms with van der Waals surface area (Å²) in [5, 5.41) is 12.1. The molecule has 0 spiro atoms. The first kappa shape index (κ1) is 23.0. The van der Waals surface area contributed by atoms with Crippen LogP contribution in [0, 0.1) is 11.6 Å². The molecule has 1 amide bonds. The molecule has 0 saturated carbocycles. The summed E-state index contributed by atoms with van der Waals surface area (Å²) in [5.74, 6) is -3.74. The van der Waals surface area contributed by atoms with Crippen LogP contribution in [0.15, 0.2) is 77.8 Å².